The van der Waals surface area contributed by atoms with Crippen molar-refractivity contribution in [2.75, 3.05) is 45.9 Å². The number of hydrogen-bond donors (Lipinski definition) is 1. The largest absolute Gasteiger partial charge is 0.487 e. The Labute approximate surface area is 216 Å². The molecular weight excluding hydrogens is 510 g/mol. The lowest BCUT2D eigenvalue weighted by Crippen LogP contribution is -2.58. The van der Waals surface area contributed by atoms with Gasteiger partial charge in [0, 0.05) is 43.3 Å². The summed E-state index contributed by atoms with van der Waals surface area (Å²) >= 11 is 5.97. The number of rotatable bonds is 4. The number of piperazine rings is 1. The van der Waals surface area contributed by atoms with Gasteiger partial charge in [-0.15, -0.1) is 0 Å². The van der Waals surface area contributed by atoms with Gasteiger partial charge in [0.05, 0.1) is 17.1 Å². The van der Waals surface area contributed by atoms with Crippen molar-refractivity contribution in [1.29, 1.82) is 0 Å². The van der Waals surface area contributed by atoms with Gasteiger partial charge in [-0.1, -0.05) is 11.6 Å². The smallest absolute Gasteiger partial charge is 0.410 e. The number of halogens is 1. The van der Waals surface area contributed by atoms with Crippen LogP contribution in [0.2, 0.25) is 5.02 Å². The molecule has 0 bridgehead atoms. The molecule has 0 aliphatic carbocycles. The molecule has 36 heavy (non-hydrogen) atoms. The average Bonchev–Trinajstić information content (AvgIpc) is 2.79. The van der Waals surface area contributed by atoms with Crippen molar-refractivity contribution in [1.82, 2.24) is 14.1 Å². The van der Waals surface area contributed by atoms with E-state index in [1.807, 2.05) is 0 Å². The van der Waals surface area contributed by atoms with Gasteiger partial charge in [-0.05, 0) is 57.9 Å². The van der Waals surface area contributed by atoms with E-state index in [-0.39, 0.29) is 43.6 Å². The molecule has 0 radical (unpaired) electrons. The van der Waals surface area contributed by atoms with Gasteiger partial charge in [0.15, 0.2) is 0 Å². The highest BCUT2D eigenvalue weighted by molar-refractivity contribution is 7.93. The summed E-state index contributed by atoms with van der Waals surface area (Å²) in [6, 6.07) is 4.97. The molecule has 10 nitrogen and oxygen atoms in total. The van der Waals surface area contributed by atoms with E-state index in [0.717, 1.165) is 4.31 Å². The molecule has 0 atom stereocenters. The van der Waals surface area contributed by atoms with Crippen LogP contribution in [0.5, 0.6) is 5.75 Å². The van der Waals surface area contributed by atoms with Gasteiger partial charge in [-0.25, -0.2) is 13.2 Å². The molecule has 198 valence electrons. The minimum atomic E-state index is -3.91. The van der Waals surface area contributed by atoms with Crippen molar-refractivity contribution >= 4 is 39.7 Å². The van der Waals surface area contributed by atoms with Crippen LogP contribution in [0, 0.1) is 0 Å². The number of sulfonamides is 1. The van der Waals surface area contributed by atoms with Crippen molar-refractivity contribution in [3.8, 4) is 5.75 Å². The lowest BCUT2D eigenvalue weighted by Gasteiger charge is -2.43. The number of amides is 2. The first-order chi connectivity index (χ1) is 16.8. The number of carbonyl (C=O) groups is 2. The van der Waals surface area contributed by atoms with Crippen molar-refractivity contribution < 1.29 is 32.6 Å². The monoisotopic (exact) mass is 541 g/mol. The predicted molar refractivity (Wildman–Crippen MR) is 134 cm³/mol. The molecule has 12 heteroatoms. The molecule has 3 heterocycles. The number of benzene rings is 1. The highest BCUT2D eigenvalue weighted by atomic mass is 35.5. The van der Waals surface area contributed by atoms with E-state index in [9.17, 15) is 23.1 Å². The van der Waals surface area contributed by atoms with Crippen LogP contribution in [0.4, 0.5) is 4.79 Å². The van der Waals surface area contributed by atoms with Crippen LogP contribution in [-0.4, -0.2) is 96.7 Å². The lowest BCUT2D eigenvalue weighted by molar-refractivity contribution is -0.139. The van der Waals surface area contributed by atoms with Gasteiger partial charge >= 0.3 is 6.09 Å². The van der Waals surface area contributed by atoms with Crippen LogP contribution in [-0.2, 0) is 19.6 Å². The Bertz CT molecular complexity index is 1170. The number of fused-ring (bicyclic) bond motifs is 1. The summed E-state index contributed by atoms with van der Waals surface area (Å²) in [7, 11) is -3.91. The molecule has 1 N–H and O–H groups in total. The number of likely N-dealkylation sites (tertiary alicyclic amines) is 1. The number of aliphatic hydroxyl groups is 1. The van der Waals surface area contributed by atoms with Crippen molar-refractivity contribution in [2.24, 2.45) is 0 Å². The fourth-order valence-electron chi connectivity index (χ4n) is 4.44. The normalized spacial score (nSPS) is 20.9. The van der Waals surface area contributed by atoms with E-state index in [1.54, 1.807) is 49.9 Å². The van der Waals surface area contributed by atoms with Gasteiger partial charge in [-0.3, -0.25) is 4.79 Å². The third-order valence-corrected chi connectivity index (χ3v) is 8.57. The highest BCUT2D eigenvalue weighted by Gasteiger charge is 2.41. The minimum absolute atomic E-state index is 0.0757. The van der Waals surface area contributed by atoms with Gasteiger partial charge in [-0.2, -0.15) is 4.31 Å². The molecule has 2 amide bonds. The summed E-state index contributed by atoms with van der Waals surface area (Å²) in [5.74, 6) is 0.130. The SMILES string of the molecule is CC(C)(C)OC(=O)N1CCC(O)(CN2CCN(S(=O)(=O)C3=Cc4ccc(Cl)cc4OC3)CC2=O)CC1. The molecular formula is C24H32ClN3O7S. The predicted octanol–water partition coefficient (Wildman–Crippen LogP) is 2.31. The van der Waals surface area contributed by atoms with Gasteiger partial charge in [0.1, 0.15) is 18.0 Å². The number of hydrogen-bond acceptors (Lipinski definition) is 7. The standard InChI is InChI=1S/C24H32ClN3O7S/c1-23(2,3)35-22(30)26-8-6-24(31,7-9-26)16-27-10-11-28(14-21(27)29)36(32,33)19-12-17-4-5-18(25)13-20(17)34-15-19/h4-5,12-13,31H,6-11,14-16H2,1-3H3. The quantitative estimate of drug-likeness (QED) is 0.621. The second-order valence-electron chi connectivity index (χ2n) is 10.4. The lowest BCUT2D eigenvalue weighted by atomic mass is 9.90. The van der Waals surface area contributed by atoms with Crippen molar-refractivity contribution in [3.63, 3.8) is 0 Å². The highest BCUT2D eigenvalue weighted by Crippen LogP contribution is 2.32. The molecule has 0 aromatic heterocycles. The maximum atomic E-state index is 13.2. The van der Waals surface area contributed by atoms with Gasteiger partial charge in [0.25, 0.3) is 0 Å². The maximum absolute atomic E-state index is 13.2. The fraction of sp³-hybridized carbons (Fsp3) is 0.583. The second-order valence-corrected chi connectivity index (χ2v) is 12.9. The Balaban J connectivity index is 1.34. The maximum Gasteiger partial charge on any atom is 0.410 e. The molecule has 2 saturated heterocycles. The third kappa shape index (κ3) is 5.96. The Kier molecular flexibility index (Phi) is 7.31. The molecule has 3 aliphatic rings. The van der Waals surface area contributed by atoms with E-state index in [2.05, 4.69) is 0 Å². The first-order valence-electron chi connectivity index (χ1n) is 11.9. The molecule has 4 rings (SSSR count). The molecule has 0 saturated carbocycles. The van der Waals surface area contributed by atoms with E-state index < -0.39 is 27.3 Å². The zero-order chi connectivity index (χ0) is 26.3. The number of ether oxygens (including phenoxy) is 2. The summed E-state index contributed by atoms with van der Waals surface area (Å²) in [6.45, 7) is 5.92. The van der Waals surface area contributed by atoms with Crippen LogP contribution in [0.3, 0.4) is 0 Å². The van der Waals surface area contributed by atoms with Crippen LogP contribution in [0.1, 0.15) is 39.2 Å². The Morgan fingerprint density at radius 3 is 2.53 bits per heavy atom. The fourth-order valence-corrected chi connectivity index (χ4v) is 6.02. The van der Waals surface area contributed by atoms with Crippen molar-refractivity contribution in [3.05, 3.63) is 33.7 Å². The van der Waals surface area contributed by atoms with Crippen LogP contribution in [0.15, 0.2) is 23.1 Å². The Morgan fingerprint density at radius 1 is 1.19 bits per heavy atom. The van der Waals surface area contributed by atoms with Crippen molar-refractivity contribution in [2.45, 2.75) is 44.8 Å². The average molecular weight is 542 g/mol. The van der Waals surface area contributed by atoms with E-state index in [1.165, 1.54) is 4.90 Å². The van der Waals surface area contributed by atoms with Gasteiger partial charge in [0.2, 0.25) is 15.9 Å². The zero-order valence-electron chi connectivity index (χ0n) is 20.7. The summed E-state index contributed by atoms with van der Waals surface area (Å²) < 4.78 is 38.5. The summed E-state index contributed by atoms with van der Waals surface area (Å²) in [5.41, 5.74) is -1.15. The summed E-state index contributed by atoms with van der Waals surface area (Å²) in [4.78, 5) is 28.3. The number of piperidine rings is 1. The first kappa shape index (κ1) is 26.7. The molecule has 1 aromatic rings. The summed E-state index contributed by atoms with van der Waals surface area (Å²) in [6.07, 6.45) is 1.71. The minimum Gasteiger partial charge on any atom is -0.487 e. The molecule has 3 aliphatic heterocycles. The van der Waals surface area contributed by atoms with Crippen LogP contribution in [0.25, 0.3) is 6.08 Å². The molecule has 0 spiro atoms. The Morgan fingerprint density at radius 2 is 1.89 bits per heavy atom. The van der Waals surface area contributed by atoms with E-state index >= 15 is 0 Å². The molecule has 0 unspecified atom stereocenters. The number of β-amino-alcohol motifs (C(OH)–C–C–N with tert-alkyl or cyclic N) is 1. The number of nitrogens with zero attached hydrogens (tertiary/aromatic N) is 3. The third-order valence-electron chi connectivity index (χ3n) is 6.45. The second kappa shape index (κ2) is 9.85. The van der Waals surface area contributed by atoms with Gasteiger partial charge < -0.3 is 24.4 Å². The first-order valence-corrected chi connectivity index (χ1v) is 13.7. The zero-order valence-corrected chi connectivity index (χ0v) is 22.3. The van der Waals surface area contributed by atoms with Crippen LogP contribution < -0.4 is 4.74 Å². The Hall–Kier alpha value is -2.34. The van der Waals surface area contributed by atoms with E-state index in [0.29, 0.717) is 42.3 Å². The van der Waals surface area contributed by atoms with Crippen LogP contribution >= 0.6 is 11.6 Å². The molecule has 2 fully saturated rings. The molecule has 1 aromatic carbocycles. The topological polar surface area (TPSA) is 117 Å². The number of carbonyl (C=O) groups excluding carboxylic acids is 2. The van der Waals surface area contributed by atoms with E-state index in [4.69, 9.17) is 21.1 Å². The summed E-state index contributed by atoms with van der Waals surface area (Å²) in [5, 5.41) is 11.6.